The van der Waals surface area contributed by atoms with Gasteiger partial charge in [0.05, 0.1) is 5.69 Å². The zero-order valence-corrected chi connectivity index (χ0v) is 19.0. The van der Waals surface area contributed by atoms with Gasteiger partial charge in [-0.25, -0.2) is 9.55 Å². The first-order valence-corrected chi connectivity index (χ1v) is 10.5. The molecule has 0 aliphatic carbocycles. The average Bonchev–Trinajstić information content (AvgIpc) is 2.96. The van der Waals surface area contributed by atoms with E-state index < -0.39 is 0 Å². The van der Waals surface area contributed by atoms with E-state index >= 15 is 0 Å². The predicted octanol–water partition coefficient (Wildman–Crippen LogP) is 5.79. The van der Waals surface area contributed by atoms with Gasteiger partial charge in [0, 0.05) is 35.5 Å². The van der Waals surface area contributed by atoms with Gasteiger partial charge in [-0.2, -0.15) is 0 Å². The van der Waals surface area contributed by atoms with E-state index in [1.165, 1.54) is 50.3 Å². The Morgan fingerprint density at radius 2 is 1.43 bits per heavy atom. The first-order valence-electron chi connectivity index (χ1n) is 10.5. The maximum absolute atomic E-state index is 4.83. The molecule has 4 rings (SSSR count). The van der Waals surface area contributed by atoms with Crippen molar-refractivity contribution in [1.82, 2.24) is 9.55 Å². The summed E-state index contributed by atoms with van der Waals surface area (Å²) < 4.78 is 4.42. The predicted molar refractivity (Wildman–Crippen MR) is 124 cm³/mol. The minimum Gasteiger partial charge on any atom is -0.331 e. The van der Waals surface area contributed by atoms with Gasteiger partial charge in [0.2, 0.25) is 5.69 Å². The third-order valence-electron chi connectivity index (χ3n) is 6.37. The molecular weight excluding hydrogens is 366 g/mol. The number of aryl methyl sites for hydroxylation is 4. The highest BCUT2D eigenvalue weighted by Crippen LogP contribution is 2.32. The minimum atomic E-state index is 1.03. The van der Waals surface area contributed by atoms with Crippen LogP contribution in [0.15, 0.2) is 54.7 Å². The molecule has 0 amide bonds. The average molecular weight is 397 g/mol. The molecule has 2 aromatic heterocycles. The largest absolute Gasteiger partial charge is 0.331 e. The molecular formula is C27H30N3+. The molecule has 0 aliphatic rings. The maximum atomic E-state index is 4.83. The number of nitrogens with zero attached hydrogens (tertiary/aromatic N) is 3. The molecule has 0 bridgehead atoms. The van der Waals surface area contributed by atoms with Crippen LogP contribution in [0.4, 0.5) is 0 Å². The first kappa shape index (κ1) is 20.1. The Morgan fingerprint density at radius 1 is 0.800 bits per heavy atom. The molecule has 0 saturated heterocycles. The monoisotopic (exact) mass is 396 g/mol. The fourth-order valence-corrected chi connectivity index (χ4v) is 4.42. The molecule has 0 spiro atoms. The topological polar surface area (TPSA) is 21.7 Å². The Kier molecular flexibility index (Phi) is 5.07. The molecule has 3 heteroatoms. The van der Waals surface area contributed by atoms with Crippen molar-refractivity contribution >= 4 is 0 Å². The van der Waals surface area contributed by atoms with Crippen LogP contribution in [0.2, 0.25) is 0 Å². The Balaban J connectivity index is 1.83. The van der Waals surface area contributed by atoms with Crippen LogP contribution < -0.4 is 4.57 Å². The Bertz CT molecular complexity index is 1240. The van der Waals surface area contributed by atoms with Gasteiger partial charge >= 0.3 is 0 Å². The lowest BCUT2D eigenvalue weighted by Gasteiger charge is -2.12. The van der Waals surface area contributed by atoms with Gasteiger partial charge < -0.3 is 4.57 Å². The van der Waals surface area contributed by atoms with Gasteiger partial charge in [-0.3, -0.25) is 0 Å². The molecule has 0 atom stereocenters. The SMILES string of the molecule is Cc1cccc(C)c1-c1ccc(-c2cccc(-c3nc(C)c(C)n3C)c2C)[n+](C)c1. The molecule has 0 aliphatic heterocycles. The summed E-state index contributed by atoms with van der Waals surface area (Å²) >= 11 is 0. The van der Waals surface area contributed by atoms with Crippen molar-refractivity contribution in [2.45, 2.75) is 34.6 Å². The second kappa shape index (κ2) is 7.56. The number of pyridine rings is 1. The Hall–Kier alpha value is -3.20. The third kappa shape index (κ3) is 3.24. The molecule has 0 unspecified atom stereocenters. The highest BCUT2D eigenvalue weighted by atomic mass is 15.1. The van der Waals surface area contributed by atoms with Gasteiger partial charge in [0.25, 0.3) is 0 Å². The fourth-order valence-electron chi connectivity index (χ4n) is 4.42. The fraction of sp³-hybridized carbons (Fsp3) is 0.259. The molecule has 0 fully saturated rings. The van der Waals surface area contributed by atoms with Crippen molar-refractivity contribution in [3.05, 3.63) is 82.8 Å². The van der Waals surface area contributed by atoms with Gasteiger partial charge in [-0.1, -0.05) is 30.3 Å². The van der Waals surface area contributed by atoms with Gasteiger partial charge in [-0.15, -0.1) is 0 Å². The van der Waals surface area contributed by atoms with Crippen LogP contribution in [-0.2, 0) is 14.1 Å². The van der Waals surface area contributed by atoms with E-state index in [9.17, 15) is 0 Å². The lowest BCUT2D eigenvalue weighted by molar-refractivity contribution is -0.659. The summed E-state index contributed by atoms with van der Waals surface area (Å²) in [4.78, 5) is 4.83. The summed E-state index contributed by atoms with van der Waals surface area (Å²) in [6, 6.07) is 17.5. The zero-order chi connectivity index (χ0) is 21.6. The van der Waals surface area contributed by atoms with E-state index in [4.69, 9.17) is 4.98 Å². The molecule has 2 heterocycles. The summed E-state index contributed by atoms with van der Waals surface area (Å²) in [5.41, 5.74) is 12.4. The maximum Gasteiger partial charge on any atom is 0.212 e. The van der Waals surface area contributed by atoms with Crippen molar-refractivity contribution in [3.63, 3.8) is 0 Å². The number of aromatic nitrogens is 3. The Labute approximate surface area is 179 Å². The van der Waals surface area contributed by atoms with E-state index in [1.54, 1.807) is 0 Å². The van der Waals surface area contributed by atoms with Crippen LogP contribution in [0.25, 0.3) is 33.8 Å². The lowest BCUT2D eigenvalue weighted by Crippen LogP contribution is -2.31. The number of imidazole rings is 1. The molecule has 3 nitrogen and oxygen atoms in total. The van der Waals surface area contributed by atoms with Gasteiger partial charge in [0.1, 0.15) is 12.9 Å². The second-order valence-corrected chi connectivity index (χ2v) is 8.32. The standard InChI is InChI=1S/C27H30N3/c1-17-10-8-11-18(2)26(17)22-14-15-25(29(6)16-22)23-12-9-13-24(19(23)3)27-28-20(4)21(5)30(27)7/h8-16H,1-7H3/q+1. The van der Waals surface area contributed by atoms with Crippen LogP contribution in [0.5, 0.6) is 0 Å². The first-order chi connectivity index (χ1) is 14.3. The van der Waals surface area contributed by atoms with Crippen LogP contribution in [0.1, 0.15) is 28.1 Å². The van der Waals surface area contributed by atoms with Crippen molar-refractivity contribution in [1.29, 1.82) is 0 Å². The molecule has 0 radical (unpaired) electrons. The molecule has 2 aromatic carbocycles. The minimum absolute atomic E-state index is 1.03. The molecule has 0 saturated carbocycles. The number of rotatable bonds is 3. The highest BCUT2D eigenvalue weighted by Gasteiger charge is 2.19. The highest BCUT2D eigenvalue weighted by molar-refractivity contribution is 5.75. The molecule has 30 heavy (non-hydrogen) atoms. The quantitative estimate of drug-likeness (QED) is 0.402. The normalized spacial score (nSPS) is 11.2. The van der Waals surface area contributed by atoms with Gasteiger partial charge in [-0.05, 0) is 69.0 Å². The van der Waals surface area contributed by atoms with E-state index in [-0.39, 0.29) is 0 Å². The number of hydrogen-bond donors (Lipinski definition) is 0. The summed E-state index contributed by atoms with van der Waals surface area (Å²) in [6.45, 7) is 10.8. The molecule has 0 N–H and O–H groups in total. The summed E-state index contributed by atoms with van der Waals surface area (Å²) in [6.07, 6.45) is 2.24. The van der Waals surface area contributed by atoms with E-state index in [0.717, 1.165) is 11.5 Å². The van der Waals surface area contributed by atoms with Crippen LogP contribution in [0.3, 0.4) is 0 Å². The van der Waals surface area contributed by atoms with Crippen molar-refractivity contribution in [2.75, 3.05) is 0 Å². The number of hydrogen-bond acceptors (Lipinski definition) is 1. The molecule has 152 valence electrons. The third-order valence-corrected chi connectivity index (χ3v) is 6.37. The van der Waals surface area contributed by atoms with Crippen molar-refractivity contribution in [2.24, 2.45) is 14.1 Å². The smallest absolute Gasteiger partial charge is 0.212 e. The lowest BCUT2D eigenvalue weighted by atomic mass is 9.95. The van der Waals surface area contributed by atoms with E-state index in [2.05, 4.69) is 113 Å². The molecule has 4 aromatic rings. The zero-order valence-electron chi connectivity index (χ0n) is 19.0. The Morgan fingerprint density at radius 3 is 2.03 bits per heavy atom. The second-order valence-electron chi connectivity index (χ2n) is 8.32. The van der Waals surface area contributed by atoms with Gasteiger partial charge in [0.15, 0.2) is 6.20 Å². The van der Waals surface area contributed by atoms with Crippen LogP contribution in [0, 0.1) is 34.6 Å². The number of benzene rings is 2. The van der Waals surface area contributed by atoms with Crippen LogP contribution >= 0.6 is 0 Å². The van der Waals surface area contributed by atoms with E-state index in [0.29, 0.717) is 0 Å². The summed E-state index contributed by atoms with van der Waals surface area (Å²) in [5, 5.41) is 0. The van der Waals surface area contributed by atoms with E-state index in [1.807, 2.05) is 0 Å². The summed E-state index contributed by atoms with van der Waals surface area (Å²) in [7, 11) is 4.23. The summed E-state index contributed by atoms with van der Waals surface area (Å²) in [5.74, 6) is 1.03. The van der Waals surface area contributed by atoms with Crippen molar-refractivity contribution < 1.29 is 4.57 Å². The van der Waals surface area contributed by atoms with Crippen LogP contribution in [-0.4, -0.2) is 9.55 Å². The van der Waals surface area contributed by atoms with Crippen molar-refractivity contribution in [3.8, 4) is 33.8 Å².